The Morgan fingerprint density at radius 3 is 2.62 bits per heavy atom. The van der Waals surface area contributed by atoms with Crippen molar-refractivity contribution in [1.82, 2.24) is 15.5 Å². The van der Waals surface area contributed by atoms with Crippen molar-refractivity contribution in [3.63, 3.8) is 0 Å². The van der Waals surface area contributed by atoms with E-state index in [4.69, 9.17) is 21.7 Å². The average molecular weight is 309 g/mol. The van der Waals surface area contributed by atoms with Gasteiger partial charge >= 0.3 is 0 Å². The van der Waals surface area contributed by atoms with Crippen LogP contribution in [0, 0.1) is 0 Å². The maximum Gasteiger partial charge on any atom is 0.166 e. The average Bonchev–Trinajstić information content (AvgIpc) is 2.54. The van der Waals surface area contributed by atoms with Gasteiger partial charge in [0.15, 0.2) is 5.11 Å². The Labute approximate surface area is 131 Å². The first kappa shape index (κ1) is 16.0. The Morgan fingerprint density at radius 2 is 1.86 bits per heavy atom. The highest BCUT2D eigenvalue weighted by molar-refractivity contribution is 7.80. The highest BCUT2D eigenvalue weighted by Crippen LogP contribution is 2.07. The molecular formula is C15H23N3O2S. The van der Waals surface area contributed by atoms with E-state index in [2.05, 4.69) is 15.5 Å². The number of hydrogen-bond donors (Lipinski definition) is 2. The number of hydrogen-bond acceptors (Lipinski definition) is 4. The molecule has 0 saturated carbocycles. The molecule has 2 N–H and O–H groups in total. The Balaban J connectivity index is 1.47. The van der Waals surface area contributed by atoms with Crippen molar-refractivity contribution in [2.45, 2.75) is 0 Å². The Hall–Kier alpha value is -1.37. The van der Waals surface area contributed by atoms with Gasteiger partial charge in [-0.15, -0.1) is 0 Å². The number of ether oxygens (including phenoxy) is 2. The molecule has 0 bridgehead atoms. The van der Waals surface area contributed by atoms with Gasteiger partial charge in [0, 0.05) is 26.2 Å². The maximum absolute atomic E-state index is 5.58. The van der Waals surface area contributed by atoms with Crippen molar-refractivity contribution in [3.8, 4) is 5.75 Å². The molecule has 0 unspecified atom stereocenters. The van der Waals surface area contributed by atoms with Gasteiger partial charge in [-0.1, -0.05) is 18.2 Å². The van der Waals surface area contributed by atoms with Gasteiger partial charge in [-0.3, -0.25) is 4.90 Å². The molecule has 0 aromatic heterocycles. The highest BCUT2D eigenvalue weighted by atomic mass is 32.1. The second-order valence-electron chi connectivity index (χ2n) is 4.80. The van der Waals surface area contributed by atoms with Gasteiger partial charge in [0.2, 0.25) is 0 Å². The standard InChI is InChI=1S/C15H23N3O2S/c21-15(16-6-8-18-9-12-19-13-10-18)17-7-11-20-14-4-2-1-3-5-14/h1-5H,6-13H2,(H2,16,17,21). The third kappa shape index (κ3) is 6.75. The lowest BCUT2D eigenvalue weighted by Crippen LogP contribution is -2.44. The zero-order valence-electron chi connectivity index (χ0n) is 12.2. The van der Waals surface area contributed by atoms with Crippen molar-refractivity contribution in [3.05, 3.63) is 30.3 Å². The van der Waals surface area contributed by atoms with E-state index in [1.807, 2.05) is 30.3 Å². The molecule has 0 radical (unpaired) electrons. The molecule has 1 aliphatic rings. The van der Waals surface area contributed by atoms with Crippen molar-refractivity contribution in [2.24, 2.45) is 0 Å². The monoisotopic (exact) mass is 309 g/mol. The van der Waals surface area contributed by atoms with Gasteiger partial charge in [-0.2, -0.15) is 0 Å². The lowest BCUT2D eigenvalue weighted by molar-refractivity contribution is 0.0389. The van der Waals surface area contributed by atoms with Gasteiger partial charge in [-0.25, -0.2) is 0 Å². The van der Waals surface area contributed by atoms with Gasteiger partial charge in [0.25, 0.3) is 0 Å². The Kier molecular flexibility index (Phi) is 7.28. The minimum Gasteiger partial charge on any atom is -0.492 e. The van der Waals surface area contributed by atoms with E-state index in [0.29, 0.717) is 18.3 Å². The predicted molar refractivity (Wildman–Crippen MR) is 87.8 cm³/mol. The predicted octanol–water partition coefficient (Wildman–Crippen LogP) is 0.862. The first-order valence-corrected chi connectivity index (χ1v) is 7.75. The summed E-state index contributed by atoms with van der Waals surface area (Å²) in [4.78, 5) is 2.37. The zero-order chi connectivity index (χ0) is 14.8. The van der Waals surface area contributed by atoms with Crippen LogP contribution in [0.1, 0.15) is 0 Å². The topological polar surface area (TPSA) is 45.8 Å². The van der Waals surface area contributed by atoms with Crippen LogP contribution in [0.4, 0.5) is 0 Å². The van der Waals surface area contributed by atoms with E-state index in [9.17, 15) is 0 Å². The Morgan fingerprint density at radius 1 is 1.14 bits per heavy atom. The van der Waals surface area contributed by atoms with Crippen molar-refractivity contribution >= 4 is 17.3 Å². The number of thiocarbonyl (C=S) groups is 1. The summed E-state index contributed by atoms with van der Waals surface area (Å²) in [5.41, 5.74) is 0. The van der Waals surface area contributed by atoms with E-state index < -0.39 is 0 Å². The molecule has 0 amide bonds. The van der Waals surface area contributed by atoms with Gasteiger partial charge in [0.1, 0.15) is 12.4 Å². The molecule has 0 atom stereocenters. The summed E-state index contributed by atoms with van der Waals surface area (Å²) in [6.07, 6.45) is 0. The summed E-state index contributed by atoms with van der Waals surface area (Å²) in [7, 11) is 0. The van der Waals surface area contributed by atoms with Crippen LogP contribution in [0.5, 0.6) is 5.75 Å². The largest absolute Gasteiger partial charge is 0.492 e. The lowest BCUT2D eigenvalue weighted by atomic mass is 10.3. The summed E-state index contributed by atoms with van der Waals surface area (Å²) in [5.74, 6) is 0.880. The van der Waals surface area contributed by atoms with Crippen molar-refractivity contribution in [2.75, 3.05) is 52.5 Å². The molecule has 2 rings (SSSR count). The van der Waals surface area contributed by atoms with Crippen LogP contribution >= 0.6 is 12.2 Å². The van der Waals surface area contributed by atoms with E-state index in [1.54, 1.807) is 0 Å². The molecule has 0 spiro atoms. The summed E-state index contributed by atoms with van der Waals surface area (Å²) in [6.45, 7) is 6.81. The SMILES string of the molecule is S=C(NCCOc1ccccc1)NCCN1CCOCC1. The molecule has 1 aromatic carbocycles. The highest BCUT2D eigenvalue weighted by Gasteiger charge is 2.09. The fraction of sp³-hybridized carbons (Fsp3) is 0.533. The van der Waals surface area contributed by atoms with Crippen LogP contribution < -0.4 is 15.4 Å². The quantitative estimate of drug-likeness (QED) is 0.575. The number of benzene rings is 1. The molecule has 1 saturated heterocycles. The van der Waals surface area contributed by atoms with E-state index >= 15 is 0 Å². The second kappa shape index (κ2) is 9.55. The van der Waals surface area contributed by atoms with Crippen LogP contribution in [0.25, 0.3) is 0 Å². The van der Waals surface area contributed by atoms with E-state index in [1.165, 1.54) is 0 Å². The molecule has 21 heavy (non-hydrogen) atoms. The van der Waals surface area contributed by atoms with Gasteiger partial charge < -0.3 is 20.1 Å². The van der Waals surface area contributed by atoms with Crippen molar-refractivity contribution in [1.29, 1.82) is 0 Å². The van der Waals surface area contributed by atoms with E-state index in [0.717, 1.165) is 45.1 Å². The van der Waals surface area contributed by atoms with Gasteiger partial charge in [0.05, 0.1) is 19.8 Å². The lowest BCUT2D eigenvalue weighted by Gasteiger charge is -2.26. The van der Waals surface area contributed by atoms with E-state index in [-0.39, 0.29) is 0 Å². The van der Waals surface area contributed by atoms with Crippen LogP contribution in [0.15, 0.2) is 30.3 Å². The third-order valence-corrected chi connectivity index (χ3v) is 3.51. The third-order valence-electron chi connectivity index (χ3n) is 3.22. The second-order valence-corrected chi connectivity index (χ2v) is 5.21. The molecule has 1 aliphatic heterocycles. The molecule has 5 nitrogen and oxygen atoms in total. The molecule has 1 aromatic rings. The van der Waals surface area contributed by atoms with Crippen LogP contribution in [0.3, 0.4) is 0 Å². The summed E-state index contributed by atoms with van der Waals surface area (Å²) in [6, 6.07) is 9.78. The summed E-state index contributed by atoms with van der Waals surface area (Å²) < 4.78 is 10.9. The van der Waals surface area contributed by atoms with Crippen molar-refractivity contribution < 1.29 is 9.47 Å². The number of nitrogens with one attached hydrogen (secondary N) is 2. The number of rotatable bonds is 7. The molecule has 0 aliphatic carbocycles. The minimum atomic E-state index is 0.593. The first-order valence-electron chi connectivity index (χ1n) is 7.34. The molecule has 1 heterocycles. The van der Waals surface area contributed by atoms with Gasteiger partial charge in [-0.05, 0) is 24.4 Å². The number of para-hydroxylation sites is 1. The number of morpholine rings is 1. The first-order chi connectivity index (χ1) is 10.3. The fourth-order valence-electron chi connectivity index (χ4n) is 2.06. The maximum atomic E-state index is 5.58. The van der Waals surface area contributed by atoms with Crippen LogP contribution in [-0.4, -0.2) is 62.6 Å². The Bertz CT molecular complexity index is 411. The van der Waals surface area contributed by atoms with Crippen LogP contribution in [-0.2, 0) is 4.74 Å². The fourth-order valence-corrected chi connectivity index (χ4v) is 2.27. The number of nitrogens with zero attached hydrogens (tertiary/aromatic N) is 1. The summed E-state index contributed by atoms with van der Waals surface area (Å²) in [5, 5.41) is 7.03. The zero-order valence-corrected chi connectivity index (χ0v) is 13.0. The molecular weight excluding hydrogens is 286 g/mol. The normalized spacial score (nSPS) is 15.4. The molecule has 116 valence electrons. The minimum absolute atomic E-state index is 0.593. The molecule has 6 heteroatoms. The summed E-state index contributed by atoms with van der Waals surface area (Å²) >= 11 is 5.23. The smallest absolute Gasteiger partial charge is 0.166 e. The molecule has 1 fully saturated rings. The van der Waals surface area contributed by atoms with Crippen LogP contribution in [0.2, 0.25) is 0 Å².